The summed E-state index contributed by atoms with van der Waals surface area (Å²) < 4.78 is 40.0. The summed E-state index contributed by atoms with van der Waals surface area (Å²) in [5, 5.41) is 3.51. The van der Waals surface area contributed by atoms with E-state index in [2.05, 4.69) is 5.32 Å². The van der Waals surface area contributed by atoms with Gasteiger partial charge in [0.15, 0.2) is 0 Å². The van der Waals surface area contributed by atoms with Gasteiger partial charge >= 0.3 is 0 Å². The number of halogens is 2. The van der Waals surface area contributed by atoms with E-state index >= 15 is 0 Å². The van der Waals surface area contributed by atoms with E-state index < -0.39 is 15.8 Å². The molecule has 1 fully saturated rings. The van der Waals surface area contributed by atoms with Crippen LogP contribution in [-0.4, -0.2) is 56.3 Å². The van der Waals surface area contributed by atoms with E-state index in [-0.39, 0.29) is 36.5 Å². The SMILES string of the molecule is C[C@@H](NC(=O)CN1CCN(S(=O)(=O)c2cccc(F)c2)CC1)c1ccccc1Cl. The van der Waals surface area contributed by atoms with Gasteiger partial charge in [-0.05, 0) is 36.8 Å². The molecule has 2 aromatic rings. The second-order valence-electron chi connectivity index (χ2n) is 6.95. The largest absolute Gasteiger partial charge is 0.348 e. The number of piperazine rings is 1. The summed E-state index contributed by atoms with van der Waals surface area (Å²) in [6.45, 7) is 3.36. The molecule has 1 atom stereocenters. The second kappa shape index (κ2) is 9.21. The van der Waals surface area contributed by atoms with Crippen LogP contribution in [0.2, 0.25) is 5.02 Å². The van der Waals surface area contributed by atoms with Crippen molar-refractivity contribution < 1.29 is 17.6 Å². The number of carbonyl (C=O) groups is 1. The molecular formula is C20H23ClFN3O3S. The standard InChI is InChI=1S/C20H23ClFN3O3S/c1-15(18-7-2-3-8-19(18)21)23-20(26)14-24-9-11-25(12-10-24)29(27,28)17-6-4-5-16(22)13-17/h2-8,13,15H,9-12,14H2,1H3,(H,23,26)/t15-/m1/s1. The molecule has 2 aromatic carbocycles. The van der Waals surface area contributed by atoms with Gasteiger partial charge < -0.3 is 5.32 Å². The maximum Gasteiger partial charge on any atom is 0.243 e. The van der Waals surface area contributed by atoms with Gasteiger partial charge in [-0.1, -0.05) is 35.9 Å². The van der Waals surface area contributed by atoms with E-state index in [1.54, 1.807) is 6.07 Å². The third-order valence-electron chi connectivity index (χ3n) is 4.88. The van der Waals surface area contributed by atoms with Crippen LogP contribution < -0.4 is 5.32 Å². The minimum absolute atomic E-state index is 0.0581. The fraction of sp³-hybridized carbons (Fsp3) is 0.350. The average molecular weight is 440 g/mol. The molecule has 1 heterocycles. The van der Waals surface area contributed by atoms with Gasteiger partial charge in [0.2, 0.25) is 15.9 Å². The Kier molecular flexibility index (Phi) is 6.89. The normalized spacial score (nSPS) is 17.1. The van der Waals surface area contributed by atoms with Gasteiger partial charge in [-0.2, -0.15) is 4.31 Å². The van der Waals surface area contributed by atoms with Crippen LogP contribution in [0.4, 0.5) is 4.39 Å². The predicted octanol–water partition coefficient (Wildman–Crippen LogP) is 2.66. The summed E-state index contributed by atoms with van der Waals surface area (Å²) in [5.74, 6) is -0.743. The number of rotatable bonds is 6. The summed E-state index contributed by atoms with van der Waals surface area (Å²) in [6.07, 6.45) is 0. The maximum absolute atomic E-state index is 13.4. The highest BCUT2D eigenvalue weighted by Crippen LogP contribution is 2.22. The molecule has 0 bridgehead atoms. The molecule has 9 heteroatoms. The third kappa shape index (κ3) is 5.33. The number of nitrogens with zero attached hydrogens (tertiary/aromatic N) is 2. The first-order valence-corrected chi connectivity index (χ1v) is 11.1. The third-order valence-corrected chi connectivity index (χ3v) is 7.12. The minimum Gasteiger partial charge on any atom is -0.348 e. The van der Waals surface area contributed by atoms with Crippen molar-refractivity contribution in [1.82, 2.24) is 14.5 Å². The van der Waals surface area contributed by atoms with Crippen LogP contribution in [0.1, 0.15) is 18.5 Å². The lowest BCUT2D eigenvalue weighted by Crippen LogP contribution is -2.51. The first-order chi connectivity index (χ1) is 13.8. The molecule has 6 nitrogen and oxygen atoms in total. The molecule has 3 rings (SSSR count). The average Bonchev–Trinajstić information content (AvgIpc) is 2.68. The van der Waals surface area contributed by atoms with Gasteiger partial charge in [0.1, 0.15) is 5.82 Å². The zero-order chi connectivity index (χ0) is 21.0. The van der Waals surface area contributed by atoms with Gasteiger partial charge in [-0.15, -0.1) is 0 Å². The van der Waals surface area contributed by atoms with Crippen molar-refractivity contribution in [2.75, 3.05) is 32.7 Å². The van der Waals surface area contributed by atoms with Crippen molar-refractivity contribution in [2.24, 2.45) is 0 Å². The Balaban J connectivity index is 1.53. The lowest BCUT2D eigenvalue weighted by Gasteiger charge is -2.33. The topological polar surface area (TPSA) is 69.7 Å². The predicted molar refractivity (Wildman–Crippen MR) is 110 cm³/mol. The zero-order valence-electron chi connectivity index (χ0n) is 16.0. The maximum atomic E-state index is 13.4. The molecule has 0 aliphatic carbocycles. The van der Waals surface area contributed by atoms with Gasteiger partial charge in [0, 0.05) is 31.2 Å². The highest BCUT2D eigenvalue weighted by molar-refractivity contribution is 7.89. The molecular weight excluding hydrogens is 417 g/mol. The van der Waals surface area contributed by atoms with Crippen LogP contribution >= 0.6 is 11.6 Å². The number of nitrogens with one attached hydrogen (secondary N) is 1. The highest BCUT2D eigenvalue weighted by Gasteiger charge is 2.29. The summed E-state index contributed by atoms with van der Waals surface area (Å²) in [6, 6.07) is 12.1. The quantitative estimate of drug-likeness (QED) is 0.751. The molecule has 29 heavy (non-hydrogen) atoms. The fourth-order valence-corrected chi connectivity index (χ4v) is 5.05. The van der Waals surface area contributed by atoms with Crippen molar-refractivity contribution in [3.8, 4) is 0 Å². The number of hydrogen-bond donors (Lipinski definition) is 1. The Morgan fingerprint density at radius 2 is 1.83 bits per heavy atom. The molecule has 1 aliphatic rings. The fourth-order valence-electron chi connectivity index (χ4n) is 3.30. The molecule has 156 valence electrons. The van der Waals surface area contributed by atoms with Crippen LogP contribution in [0.5, 0.6) is 0 Å². The van der Waals surface area contributed by atoms with E-state index in [9.17, 15) is 17.6 Å². The molecule has 1 aliphatic heterocycles. The first kappa shape index (κ1) is 21.7. The number of carbonyl (C=O) groups excluding carboxylic acids is 1. The Labute approximate surface area is 175 Å². The van der Waals surface area contributed by atoms with Crippen LogP contribution in [0.3, 0.4) is 0 Å². The monoisotopic (exact) mass is 439 g/mol. The lowest BCUT2D eigenvalue weighted by atomic mass is 10.1. The van der Waals surface area contributed by atoms with Gasteiger partial charge in [0.05, 0.1) is 17.5 Å². The van der Waals surface area contributed by atoms with Crippen molar-refractivity contribution in [2.45, 2.75) is 17.9 Å². The van der Waals surface area contributed by atoms with Crippen LogP contribution in [0.15, 0.2) is 53.4 Å². The minimum atomic E-state index is -3.74. The summed E-state index contributed by atoms with van der Waals surface area (Å²) in [7, 11) is -3.74. The van der Waals surface area contributed by atoms with Crippen LogP contribution in [0.25, 0.3) is 0 Å². The summed E-state index contributed by atoms with van der Waals surface area (Å²) in [5.41, 5.74) is 0.841. The summed E-state index contributed by atoms with van der Waals surface area (Å²) in [4.78, 5) is 14.2. The Hall–Kier alpha value is -2.00. The van der Waals surface area contributed by atoms with Crippen molar-refractivity contribution in [1.29, 1.82) is 0 Å². The molecule has 0 unspecified atom stereocenters. The van der Waals surface area contributed by atoms with E-state index in [1.165, 1.54) is 22.5 Å². The molecule has 0 saturated carbocycles. The van der Waals surface area contributed by atoms with Crippen molar-refractivity contribution >= 4 is 27.5 Å². The number of sulfonamides is 1. The Bertz CT molecular complexity index is 978. The van der Waals surface area contributed by atoms with E-state index in [1.807, 2.05) is 30.0 Å². The van der Waals surface area contributed by atoms with Gasteiger partial charge in [-0.3, -0.25) is 9.69 Å². The van der Waals surface area contributed by atoms with Crippen molar-refractivity contribution in [3.63, 3.8) is 0 Å². The second-order valence-corrected chi connectivity index (χ2v) is 9.29. The molecule has 0 spiro atoms. The summed E-state index contributed by atoms with van der Waals surface area (Å²) >= 11 is 6.17. The Morgan fingerprint density at radius 3 is 2.48 bits per heavy atom. The van der Waals surface area contributed by atoms with E-state index in [0.29, 0.717) is 18.1 Å². The van der Waals surface area contributed by atoms with E-state index in [0.717, 1.165) is 11.6 Å². The van der Waals surface area contributed by atoms with Gasteiger partial charge in [-0.25, -0.2) is 12.8 Å². The van der Waals surface area contributed by atoms with Crippen LogP contribution in [-0.2, 0) is 14.8 Å². The number of hydrogen-bond acceptors (Lipinski definition) is 4. The van der Waals surface area contributed by atoms with Gasteiger partial charge in [0.25, 0.3) is 0 Å². The molecule has 0 radical (unpaired) electrons. The number of amides is 1. The zero-order valence-corrected chi connectivity index (χ0v) is 17.6. The molecule has 1 amide bonds. The van der Waals surface area contributed by atoms with Crippen molar-refractivity contribution in [3.05, 3.63) is 64.9 Å². The molecule has 1 saturated heterocycles. The smallest absolute Gasteiger partial charge is 0.243 e. The number of benzene rings is 2. The van der Waals surface area contributed by atoms with E-state index in [4.69, 9.17) is 11.6 Å². The molecule has 0 aromatic heterocycles. The molecule has 1 N–H and O–H groups in total. The van der Waals surface area contributed by atoms with Crippen LogP contribution in [0, 0.1) is 5.82 Å². The Morgan fingerprint density at radius 1 is 1.14 bits per heavy atom. The first-order valence-electron chi connectivity index (χ1n) is 9.29. The lowest BCUT2D eigenvalue weighted by molar-refractivity contribution is -0.123. The highest BCUT2D eigenvalue weighted by atomic mass is 35.5.